The molecule has 0 aliphatic heterocycles. The lowest BCUT2D eigenvalue weighted by Crippen LogP contribution is -2.34. The van der Waals surface area contributed by atoms with Crippen molar-refractivity contribution in [2.75, 3.05) is 14.2 Å². The molecule has 132 heavy (non-hydrogen) atoms. The summed E-state index contributed by atoms with van der Waals surface area (Å²) in [5, 5.41) is 44.6. The van der Waals surface area contributed by atoms with E-state index in [-0.39, 0.29) is 87.8 Å². The average molecular weight is 1780 g/mol. The molecule has 16 nitrogen and oxygen atoms in total. The number of nitrogens with zero attached hydrogens (tertiary/aromatic N) is 4. The number of carboxylic acids is 5. The predicted octanol–water partition coefficient (Wildman–Crippen LogP) is 23.9. The summed E-state index contributed by atoms with van der Waals surface area (Å²) in [6.45, 7) is 47.6. The molecule has 0 radical (unpaired) electrons. The number of fused-ring (bicyclic) bond motifs is 5. The monoisotopic (exact) mass is 1770 g/mol. The number of hydrogen-bond acceptors (Lipinski definition) is 11. The summed E-state index contributed by atoms with van der Waals surface area (Å²) in [6, 6.07) is 39.7. The number of carboxylic acid groups (broad SMARTS) is 5. The predicted molar refractivity (Wildman–Crippen MR) is 514 cm³/mol. The van der Waals surface area contributed by atoms with Crippen LogP contribution in [-0.2, 0) is 54.1 Å². The molecule has 18 heteroatoms. The van der Waals surface area contributed by atoms with E-state index in [1.807, 2.05) is 13.0 Å². The molecule has 5 aliphatic rings. The van der Waals surface area contributed by atoms with E-state index in [1.165, 1.54) is 136 Å². The molecule has 0 unspecified atom stereocenters. The minimum absolute atomic E-state index is 0.0308. The molecular weight excluding hydrogens is 1660 g/mol. The number of benzene rings is 7. The van der Waals surface area contributed by atoms with Crippen LogP contribution in [-0.4, -0.2) is 89.5 Å². The first kappa shape index (κ1) is 99.1. The molecule has 3 heterocycles. The Labute approximate surface area is 776 Å². The molecule has 0 saturated heterocycles. The van der Waals surface area contributed by atoms with Crippen molar-refractivity contribution in [1.29, 1.82) is 0 Å². The van der Waals surface area contributed by atoms with Gasteiger partial charge in [-0.15, -0.1) is 0 Å². The van der Waals surface area contributed by atoms with Crippen molar-refractivity contribution >= 4 is 29.8 Å². The van der Waals surface area contributed by atoms with Gasteiger partial charge in [0.05, 0.1) is 60.0 Å². The van der Waals surface area contributed by atoms with Gasteiger partial charge in [0, 0.05) is 40.2 Å². The molecule has 0 fully saturated rings. The zero-order valence-electron chi connectivity index (χ0n) is 80.2. The Kier molecular flexibility index (Phi) is 28.9. The zero-order chi connectivity index (χ0) is 97.0. The lowest BCUT2D eigenvalue weighted by molar-refractivity contribution is 0.0679. The second-order valence-corrected chi connectivity index (χ2v) is 41.6. The van der Waals surface area contributed by atoms with Crippen LogP contribution in [0.25, 0.3) is 0 Å². The van der Waals surface area contributed by atoms with Crippen LogP contribution in [0.3, 0.4) is 0 Å². The standard InChI is InChI=1S/C24H25FO3.C24H25FO2.C23H25NO3.C22H23NO2.C21H22N2O2/c1-23(2)10-11-24(3,4)19-14-21(28-5)16(13-18(19)23)8-6-15-7-9-17(22(26)27)20(25)12-15;1-15-12-19-20(24(4,5)11-10-23(19,2)3)13-17(15)8-6-16-7-9-18(22(26)27)14-21(16)25;1-22(2)10-11-23(3,4)19-13-20(27-5)15(12-18(19)22)6-8-17-9-7-16(14-24-17)21(25)26;1-21(2)11-12-22(3,4)18-13-15(7-9-17(18)21)5-6-16-8-10-19(20(24)25)23-14-16;1-20(2)9-10-21(3,4)17-11-14(6-8-16(17)20)5-7-15-12-23-18(13-22-15)19(24)25/h7,9,12-14H,10-11H2,1-5H3,(H,26,27);7,9,12-14H,10-11H2,1-5H3,(H,26,27);7,9,12-14H,10-11H2,1-5H3,(H,25,26);7-10,13-14H,11-12H2,1-4H3,(H,24,25);6,8,11-13H,9-10H2,1-4H3,(H,24,25). The van der Waals surface area contributed by atoms with Gasteiger partial charge in [0.25, 0.3) is 0 Å². The fourth-order valence-corrected chi connectivity index (χ4v) is 17.8. The minimum atomic E-state index is -1.29. The Balaban J connectivity index is 0.000000159. The van der Waals surface area contributed by atoms with Gasteiger partial charge in [-0.05, 0) is 314 Å². The third kappa shape index (κ3) is 22.9. The number of methoxy groups -OCH3 is 2. The first-order valence-electron chi connectivity index (χ1n) is 44.6. The van der Waals surface area contributed by atoms with Crippen LogP contribution in [0.15, 0.2) is 158 Å². The maximum Gasteiger partial charge on any atom is 0.356 e. The summed E-state index contributed by atoms with van der Waals surface area (Å²) >= 11 is 0. The van der Waals surface area contributed by atoms with Crippen molar-refractivity contribution in [3.8, 4) is 70.7 Å². The first-order chi connectivity index (χ1) is 61.6. The molecule has 0 amide bonds. The molecule has 682 valence electrons. The molecule has 5 N–H and O–H groups in total. The van der Waals surface area contributed by atoms with Crippen LogP contribution in [0.4, 0.5) is 8.78 Å². The van der Waals surface area contributed by atoms with Crippen LogP contribution in [0.2, 0.25) is 0 Å². The van der Waals surface area contributed by atoms with Crippen molar-refractivity contribution < 1.29 is 67.8 Å². The third-order valence-corrected chi connectivity index (χ3v) is 27.2. The Bertz CT molecular complexity index is 6390. The average Bonchev–Trinajstić information content (AvgIpc) is 0.740. The van der Waals surface area contributed by atoms with Gasteiger partial charge in [0.2, 0.25) is 0 Å². The number of hydrogen-bond donors (Lipinski definition) is 5. The van der Waals surface area contributed by atoms with Gasteiger partial charge < -0.3 is 35.0 Å². The van der Waals surface area contributed by atoms with Crippen molar-refractivity contribution in [2.24, 2.45) is 0 Å². The van der Waals surface area contributed by atoms with Crippen LogP contribution < -0.4 is 9.47 Å². The molecule has 0 spiro atoms. The van der Waals surface area contributed by atoms with Gasteiger partial charge in [0.1, 0.15) is 40.2 Å². The molecule has 0 bridgehead atoms. The smallest absolute Gasteiger partial charge is 0.356 e. The minimum Gasteiger partial charge on any atom is -0.495 e. The molecule has 3 aromatic heterocycles. The lowest BCUT2D eigenvalue weighted by Gasteiger charge is -2.42. The van der Waals surface area contributed by atoms with E-state index in [9.17, 15) is 32.8 Å². The molecule has 0 saturated carbocycles. The number of carbonyl (C=O) groups is 5. The maximum absolute atomic E-state index is 14.1. The zero-order valence-corrected chi connectivity index (χ0v) is 80.2. The van der Waals surface area contributed by atoms with Crippen molar-refractivity contribution in [3.05, 3.63) is 315 Å². The Hall–Kier alpha value is -13.5. The summed E-state index contributed by atoms with van der Waals surface area (Å²) in [4.78, 5) is 70.4. The fraction of sp³-hybridized carbons (Fsp3) is 0.377. The van der Waals surface area contributed by atoms with Crippen LogP contribution in [0.1, 0.15) is 372 Å². The second-order valence-electron chi connectivity index (χ2n) is 41.6. The molecule has 15 rings (SSSR count). The number of aryl methyl sites for hydroxylation is 1. The highest BCUT2D eigenvalue weighted by atomic mass is 19.1. The molecule has 7 aromatic carbocycles. The van der Waals surface area contributed by atoms with E-state index >= 15 is 0 Å². The molecule has 0 atom stereocenters. The maximum atomic E-state index is 14.1. The fourth-order valence-electron chi connectivity index (χ4n) is 17.8. The van der Waals surface area contributed by atoms with E-state index in [0.717, 1.165) is 96.2 Å². The normalized spacial score (nSPS) is 16.8. The largest absolute Gasteiger partial charge is 0.495 e. The molecular formula is C114H120F2N4O12. The van der Waals surface area contributed by atoms with Gasteiger partial charge in [-0.3, -0.25) is 0 Å². The van der Waals surface area contributed by atoms with E-state index in [4.69, 9.17) is 35.0 Å². The highest BCUT2D eigenvalue weighted by Crippen LogP contribution is 2.52. The van der Waals surface area contributed by atoms with E-state index in [0.29, 0.717) is 28.3 Å². The first-order valence-corrected chi connectivity index (χ1v) is 44.6. The van der Waals surface area contributed by atoms with E-state index < -0.39 is 41.5 Å². The van der Waals surface area contributed by atoms with Gasteiger partial charge >= 0.3 is 29.8 Å². The summed E-state index contributed by atoms with van der Waals surface area (Å²) in [5.41, 5.74) is 22.1. The number of rotatable bonds is 7. The summed E-state index contributed by atoms with van der Waals surface area (Å²) in [7, 11) is 3.28. The summed E-state index contributed by atoms with van der Waals surface area (Å²) < 4.78 is 39.2. The molecule has 10 aromatic rings. The number of aromatic carboxylic acids is 5. The third-order valence-electron chi connectivity index (χ3n) is 27.2. The van der Waals surface area contributed by atoms with E-state index in [2.05, 4.69) is 284 Å². The topological polar surface area (TPSA) is 257 Å². The Morgan fingerprint density at radius 1 is 0.280 bits per heavy atom. The van der Waals surface area contributed by atoms with Crippen LogP contribution >= 0.6 is 0 Å². The van der Waals surface area contributed by atoms with Crippen molar-refractivity contribution in [3.63, 3.8) is 0 Å². The highest BCUT2D eigenvalue weighted by Gasteiger charge is 2.43. The van der Waals surface area contributed by atoms with Crippen LogP contribution in [0, 0.1) is 77.8 Å². The Morgan fingerprint density at radius 3 is 1.02 bits per heavy atom. The van der Waals surface area contributed by atoms with E-state index in [1.54, 1.807) is 26.4 Å². The summed E-state index contributed by atoms with van der Waals surface area (Å²) in [5.74, 6) is 25.0. The van der Waals surface area contributed by atoms with Gasteiger partial charge in [-0.2, -0.15) is 0 Å². The van der Waals surface area contributed by atoms with Crippen LogP contribution in [0.5, 0.6) is 11.5 Å². The summed E-state index contributed by atoms with van der Waals surface area (Å²) in [6.07, 6.45) is 16.9. The number of aromatic nitrogens is 4. The van der Waals surface area contributed by atoms with Gasteiger partial charge in [0.15, 0.2) is 5.69 Å². The van der Waals surface area contributed by atoms with Gasteiger partial charge in [-0.1, -0.05) is 204 Å². The van der Waals surface area contributed by atoms with Crippen molar-refractivity contribution in [2.45, 2.75) is 264 Å². The second kappa shape index (κ2) is 38.5. The van der Waals surface area contributed by atoms with Gasteiger partial charge in [-0.25, -0.2) is 52.7 Å². The molecule has 5 aliphatic carbocycles. The number of pyridine rings is 2. The highest BCUT2D eigenvalue weighted by molar-refractivity contribution is 5.89. The van der Waals surface area contributed by atoms with Crippen molar-refractivity contribution in [1.82, 2.24) is 19.9 Å². The number of halogens is 2. The number of ether oxygens (including phenoxy) is 2. The lowest BCUT2D eigenvalue weighted by atomic mass is 9.62. The quantitative estimate of drug-likeness (QED) is 0.0930. The Morgan fingerprint density at radius 2 is 0.629 bits per heavy atom. The SMILES string of the molecule is CC1(C)CCC(C)(C)c2cc(C#Cc3ccc(C(=O)O)nc3)ccc21.CC1(C)CCC(C)(C)c2cc(C#Cc3cnc(C(=O)O)cn3)ccc21.COc1cc2c(cc1C#Cc1ccc(C(=O)O)c(F)c1)C(C)(C)CCC2(C)C.COc1cc2c(cc1C#Cc1ccc(C(=O)O)cn1)C(C)(C)CCC2(C)C.Cc1cc2c(cc1C#Cc1ccc(C(=O)O)cc1F)C(C)(C)CCC2(C)C.